The van der Waals surface area contributed by atoms with E-state index in [2.05, 4.69) is 21.4 Å². The second-order valence-electron chi connectivity index (χ2n) is 5.17. The third kappa shape index (κ3) is 2.84. The Morgan fingerprint density at radius 3 is 2.25 bits per heavy atom. The summed E-state index contributed by atoms with van der Waals surface area (Å²) in [5.74, 6) is -0.307. The predicted octanol–water partition coefficient (Wildman–Crippen LogP) is 2.54. The molecule has 0 unspecified atom stereocenters. The van der Waals surface area contributed by atoms with Crippen LogP contribution in [0.1, 0.15) is 65.5 Å². The molecule has 110 valence electrons. The fraction of sp³-hybridized carbons (Fsp3) is 0.643. The number of ether oxygens (including phenoxy) is 2. The van der Waals surface area contributed by atoms with E-state index in [9.17, 15) is 9.59 Å². The molecule has 1 saturated carbocycles. The maximum atomic E-state index is 11.7. The molecule has 0 bridgehead atoms. The predicted molar refractivity (Wildman–Crippen MR) is 69.6 cm³/mol. The maximum absolute atomic E-state index is 11.7. The Morgan fingerprint density at radius 1 is 1.10 bits per heavy atom. The number of rotatable bonds is 3. The van der Waals surface area contributed by atoms with Gasteiger partial charge < -0.3 is 13.9 Å². The van der Waals surface area contributed by atoms with Crippen molar-refractivity contribution in [3.8, 4) is 0 Å². The molecule has 1 heterocycles. The van der Waals surface area contributed by atoms with Gasteiger partial charge in [-0.25, -0.2) is 14.6 Å². The summed E-state index contributed by atoms with van der Waals surface area (Å²) in [5, 5.41) is 0. The first-order chi connectivity index (χ1) is 9.56. The smallest absolute Gasteiger partial charge is 0.376 e. The van der Waals surface area contributed by atoms with Crippen LogP contribution >= 0.6 is 0 Å². The highest BCUT2D eigenvalue weighted by molar-refractivity contribution is 5.99. The van der Waals surface area contributed by atoms with Crippen molar-refractivity contribution in [1.29, 1.82) is 0 Å². The topological polar surface area (TPSA) is 78.6 Å². The molecule has 1 aliphatic rings. The average Bonchev–Trinajstić information content (AvgIpc) is 2.91. The van der Waals surface area contributed by atoms with Gasteiger partial charge in [-0.3, -0.25) is 0 Å². The molecule has 2 rings (SSSR count). The quantitative estimate of drug-likeness (QED) is 0.792. The van der Waals surface area contributed by atoms with E-state index in [-0.39, 0.29) is 17.4 Å². The van der Waals surface area contributed by atoms with E-state index in [0.29, 0.717) is 11.8 Å². The number of carbonyl (C=O) groups excluding carboxylic acids is 2. The molecule has 6 nitrogen and oxygen atoms in total. The van der Waals surface area contributed by atoms with Gasteiger partial charge in [0.05, 0.1) is 14.2 Å². The summed E-state index contributed by atoms with van der Waals surface area (Å²) in [7, 11) is 2.47. The number of esters is 2. The number of aromatic nitrogens is 1. The van der Waals surface area contributed by atoms with E-state index in [4.69, 9.17) is 4.42 Å². The molecule has 0 N–H and O–H groups in total. The number of hydrogen-bond donors (Lipinski definition) is 0. The average molecular weight is 281 g/mol. The normalized spacial score (nSPS) is 22.4. The minimum absolute atomic E-state index is 0.104. The first-order valence-electron chi connectivity index (χ1n) is 6.74. The number of oxazole rings is 1. The third-order valence-electron chi connectivity index (χ3n) is 3.76. The molecular formula is C14H19NO5. The lowest BCUT2D eigenvalue weighted by Gasteiger charge is -2.23. The lowest BCUT2D eigenvalue weighted by atomic mass is 9.83. The van der Waals surface area contributed by atoms with Crippen LogP contribution in [0.2, 0.25) is 0 Å². The summed E-state index contributed by atoms with van der Waals surface area (Å²) in [5.41, 5.74) is -0.104. The standard InChI is InChI=1S/C14H19NO5/c1-8-4-6-9(7-5-8)12-15-10(13(16)18-2)11(20-12)14(17)19-3/h8-9H,4-7H2,1-3H3. The molecule has 6 heteroatoms. The summed E-state index contributed by atoms with van der Waals surface area (Å²) in [6.07, 6.45) is 4.08. The Kier molecular flexibility index (Phi) is 4.42. The maximum Gasteiger partial charge on any atom is 0.376 e. The highest BCUT2D eigenvalue weighted by Crippen LogP contribution is 2.35. The Labute approximate surface area is 117 Å². The zero-order chi connectivity index (χ0) is 14.7. The zero-order valence-electron chi connectivity index (χ0n) is 12.0. The van der Waals surface area contributed by atoms with Crippen molar-refractivity contribution in [1.82, 2.24) is 4.98 Å². The summed E-state index contributed by atoms with van der Waals surface area (Å²) in [4.78, 5) is 27.4. The van der Waals surface area contributed by atoms with Crippen LogP contribution in [-0.2, 0) is 9.47 Å². The molecule has 0 radical (unpaired) electrons. The molecule has 0 aliphatic heterocycles. The minimum atomic E-state index is -0.715. The lowest BCUT2D eigenvalue weighted by molar-refractivity contribution is 0.0525. The van der Waals surface area contributed by atoms with Crippen LogP contribution in [0, 0.1) is 5.92 Å². The van der Waals surface area contributed by atoms with Crippen LogP contribution in [0.3, 0.4) is 0 Å². The van der Waals surface area contributed by atoms with E-state index >= 15 is 0 Å². The summed E-state index contributed by atoms with van der Waals surface area (Å²) in [6, 6.07) is 0. The number of carbonyl (C=O) groups is 2. The van der Waals surface area contributed by atoms with E-state index in [1.54, 1.807) is 0 Å². The van der Waals surface area contributed by atoms with Gasteiger partial charge >= 0.3 is 11.9 Å². The monoisotopic (exact) mass is 281 g/mol. The Bertz CT molecular complexity index is 466. The SMILES string of the molecule is COC(=O)c1nc(C2CCC(C)CC2)oc1C(=O)OC. The largest absolute Gasteiger partial charge is 0.464 e. The van der Waals surface area contributed by atoms with Crippen molar-refractivity contribution in [3.63, 3.8) is 0 Å². The van der Waals surface area contributed by atoms with E-state index < -0.39 is 11.9 Å². The molecular weight excluding hydrogens is 262 g/mol. The third-order valence-corrected chi connectivity index (χ3v) is 3.76. The van der Waals surface area contributed by atoms with Crippen LogP contribution in [0.15, 0.2) is 4.42 Å². The van der Waals surface area contributed by atoms with Crippen LogP contribution in [0.4, 0.5) is 0 Å². The lowest BCUT2D eigenvalue weighted by Crippen LogP contribution is -2.12. The van der Waals surface area contributed by atoms with Crippen LogP contribution in [0.25, 0.3) is 0 Å². The van der Waals surface area contributed by atoms with Gasteiger partial charge in [-0.15, -0.1) is 0 Å². The van der Waals surface area contributed by atoms with E-state index in [1.165, 1.54) is 14.2 Å². The molecule has 0 amide bonds. The van der Waals surface area contributed by atoms with Gasteiger partial charge in [0.2, 0.25) is 11.5 Å². The van der Waals surface area contributed by atoms with Crippen LogP contribution < -0.4 is 0 Å². The van der Waals surface area contributed by atoms with Crippen molar-refractivity contribution >= 4 is 11.9 Å². The van der Waals surface area contributed by atoms with Gasteiger partial charge in [0.15, 0.2) is 5.89 Å². The molecule has 0 atom stereocenters. The molecule has 0 spiro atoms. The van der Waals surface area contributed by atoms with Crippen LogP contribution in [0.5, 0.6) is 0 Å². The second-order valence-corrected chi connectivity index (χ2v) is 5.17. The van der Waals surface area contributed by atoms with E-state index in [1.807, 2.05) is 0 Å². The molecule has 1 aliphatic carbocycles. The molecule has 0 saturated heterocycles. The van der Waals surface area contributed by atoms with Crippen molar-refractivity contribution in [2.24, 2.45) is 5.92 Å². The van der Waals surface area contributed by atoms with Gasteiger partial charge in [-0.1, -0.05) is 6.92 Å². The first kappa shape index (κ1) is 14.6. The first-order valence-corrected chi connectivity index (χ1v) is 6.74. The highest BCUT2D eigenvalue weighted by atomic mass is 16.5. The van der Waals surface area contributed by atoms with Gasteiger partial charge in [-0.2, -0.15) is 0 Å². The van der Waals surface area contributed by atoms with E-state index in [0.717, 1.165) is 25.7 Å². The van der Waals surface area contributed by atoms with Gasteiger partial charge in [0.25, 0.3) is 0 Å². The fourth-order valence-electron chi connectivity index (χ4n) is 2.48. The Hall–Kier alpha value is -1.85. The summed E-state index contributed by atoms with van der Waals surface area (Å²) >= 11 is 0. The Balaban J connectivity index is 2.29. The van der Waals surface area contributed by atoms with Crippen molar-refractivity contribution < 1.29 is 23.5 Å². The van der Waals surface area contributed by atoms with Crippen molar-refractivity contribution in [3.05, 3.63) is 17.3 Å². The van der Waals surface area contributed by atoms with Gasteiger partial charge in [0, 0.05) is 5.92 Å². The fourth-order valence-corrected chi connectivity index (χ4v) is 2.48. The molecule has 20 heavy (non-hydrogen) atoms. The second kappa shape index (κ2) is 6.07. The van der Waals surface area contributed by atoms with Crippen molar-refractivity contribution in [2.45, 2.75) is 38.5 Å². The van der Waals surface area contributed by atoms with Gasteiger partial charge in [-0.05, 0) is 31.6 Å². The number of methoxy groups -OCH3 is 2. The molecule has 0 aromatic carbocycles. The molecule has 1 fully saturated rings. The minimum Gasteiger partial charge on any atom is -0.464 e. The van der Waals surface area contributed by atoms with Gasteiger partial charge in [0.1, 0.15) is 0 Å². The summed E-state index contributed by atoms with van der Waals surface area (Å²) < 4.78 is 14.7. The van der Waals surface area contributed by atoms with Crippen LogP contribution in [-0.4, -0.2) is 31.1 Å². The summed E-state index contributed by atoms with van der Waals surface area (Å²) in [6.45, 7) is 2.21. The number of nitrogens with zero attached hydrogens (tertiary/aromatic N) is 1. The number of hydrogen-bond acceptors (Lipinski definition) is 6. The van der Waals surface area contributed by atoms with Crippen molar-refractivity contribution in [2.75, 3.05) is 14.2 Å². The molecule has 1 aromatic heterocycles. The zero-order valence-corrected chi connectivity index (χ0v) is 12.0. The Morgan fingerprint density at radius 2 is 1.70 bits per heavy atom. The highest BCUT2D eigenvalue weighted by Gasteiger charge is 2.31. The molecule has 1 aromatic rings.